The summed E-state index contributed by atoms with van der Waals surface area (Å²) in [5, 5.41) is 7.55. The number of hydrogen-bond acceptors (Lipinski definition) is 5. The van der Waals surface area contributed by atoms with Gasteiger partial charge in [0.05, 0.1) is 12.0 Å². The normalized spacial score (nSPS) is 14.9. The second-order valence-corrected chi connectivity index (χ2v) is 5.27. The highest BCUT2D eigenvalue weighted by Gasteiger charge is 2.29. The third-order valence-electron chi connectivity index (χ3n) is 3.52. The Morgan fingerprint density at radius 1 is 1.35 bits per heavy atom. The average Bonchev–Trinajstić information content (AvgIpc) is 3.06. The lowest BCUT2D eigenvalue weighted by Crippen LogP contribution is -2.02. The molecule has 0 radical (unpaired) electrons. The summed E-state index contributed by atoms with van der Waals surface area (Å²) in [6.45, 7) is 2.00. The molecule has 1 aliphatic carbocycles. The maximum absolute atomic E-state index is 4.64. The van der Waals surface area contributed by atoms with E-state index in [0.717, 1.165) is 22.6 Å². The second kappa shape index (κ2) is 4.03. The number of H-pyrrole nitrogens is 1. The van der Waals surface area contributed by atoms with E-state index in [0.29, 0.717) is 17.5 Å². The van der Waals surface area contributed by atoms with Gasteiger partial charge in [-0.3, -0.25) is 4.68 Å². The van der Waals surface area contributed by atoms with Crippen LogP contribution in [0.25, 0.3) is 11.2 Å². The number of aromatic nitrogens is 6. The van der Waals surface area contributed by atoms with Crippen LogP contribution in [0.15, 0.2) is 12.5 Å². The largest absolute Gasteiger partial charge is 0.342 e. The summed E-state index contributed by atoms with van der Waals surface area (Å²) >= 11 is 0. The molecular formula is C13H15N7. The van der Waals surface area contributed by atoms with Crippen LogP contribution in [0.4, 0.5) is 11.8 Å². The van der Waals surface area contributed by atoms with E-state index >= 15 is 0 Å². The average molecular weight is 269 g/mol. The summed E-state index contributed by atoms with van der Waals surface area (Å²) in [7, 11) is 1.89. The molecule has 0 unspecified atom stereocenters. The Kier molecular flexibility index (Phi) is 2.29. The van der Waals surface area contributed by atoms with Crippen molar-refractivity contribution in [1.82, 2.24) is 29.7 Å². The van der Waals surface area contributed by atoms with Gasteiger partial charge in [-0.15, -0.1) is 0 Å². The van der Waals surface area contributed by atoms with E-state index in [4.69, 9.17) is 0 Å². The Bertz CT molecular complexity index is 781. The quantitative estimate of drug-likeness (QED) is 0.760. The van der Waals surface area contributed by atoms with E-state index in [1.165, 1.54) is 12.8 Å². The highest BCUT2D eigenvalue weighted by atomic mass is 15.3. The van der Waals surface area contributed by atoms with E-state index in [-0.39, 0.29) is 0 Å². The van der Waals surface area contributed by atoms with Gasteiger partial charge >= 0.3 is 0 Å². The monoisotopic (exact) mass is 269 g/mol. The molecule has 2 N–H and O–H groups in total. The molecule has 0 aliphatic heterocycles. The second-order valence-electron chi connectivity index (χ2n) is 5.27. The predicted octanol–water partition coefficient (Wildman–Crippen LogP) is 2.02. The van der Waals surface area contributed by atoms with Gasteiger partial charge in [-0.1, -0.05) is 0 Å². The molecule has 7 nitrogen and oxygen atoms in total. The van der Waals surface area contributed by atoms with Gasteiger partial charge < -0.3 is 10.3 Å². The molecule has 4 rings (SSSR count). The van der Waals surface area contributed by atoms with Crippen LogP contribution in [0.3, 0.4) is 0 Å². The molecule has 0 bridgehead atoms. The fourth-order valence-electron chi connectivity index (χ4n) is 2.40. The number of rotatable bonds is 3. The van der Waals surface area contributed by atoms with Crippen LogP contribution in [0.1, 0.15) is 30.0 Å². The van der Waals surface area contributed by atoms with Crippen molar-refractivity contribution in [2.24, 2.45) is 7.05 Å². The molecule has 1 aliphatic rings. The van der Waals surface area contributed by atoms with E-state index in [1.54, 1.807) is 11.0 Å². The van der Waals surface area contributed by atoms with Crippen molar-refractivity contribution < 1.29 is 0 Å². The minimum absolute atomic E-state index is 0.534. The van der Waals surface area contributed by atoms with Crippen molar-refractivity contribution in [3.8, 4) is 0 Å². The first-order valence-corrected chi connectivity index (χ1v) is 6.69. The number of imidazole rings is 1. The number of fused-ring (bicyclic) bond motifs is 1. The number of anilines is 2. The standard InChI is InChI=1S/C13H15N7/c1-7-5-20(2)19-11(7)17-13-16-9(8-3-4-8)10-12(18-13)15-6-14-10/h5-6,8H,3-4H2,1-2H3,(H2,14,15,16,17,18,19). The number of hydrogen-bond donors (Lipinski definition) is 2. The molecule has 7 heteroatoms. The van der Waals surface area contributed by atoms with E-state index in [9.17, 15) is 0 Å². The molecule has 3 aromatic heterocycles. The predicted molar refractivity (Wildman–Crippen MR) is 74.9 cm³/mol. The van der Waals surface area contributed by atoms with Gasteiger partial charge in [0.15, 0.2) is 11.5 Å². The highest BCUT2D eigenvalue weighted by Crippen LogP contribution is 2.41. The molecule has 3 aromatic rings. The Morgan fingerprint density at radius 2 is 2.20 bits per heavy atom. The number of aromatic amines is 1. The molecule has 0 amide bonds. The number of aryl methyl sites for hydroxylation is 2. The first kappa shape index (κ1) is 11.4. The minimum atomic E-state index is 0.534. The van der Waals surface area contributed by atoms with Gasteiger partial charge in [0, 0.05) is 24.7 Å². The lowest BCUT2D eigenvalue weighted by atomic mass is 10.2. The van der Waals surface area contributed by atoms with Crippen molar-refractivity contribution in [1.29, 1.82) is 0 Å². The van der Waals surface area contributed by atoms with Crippen molar-refractivity contribution in [3.05, 3.63) is 23.8 Å². The topological polar surface area (TPSA) is 84.3 Å². The molecule has 102 valence electrons. The fraction of sp³-hybridized carbons (Fsp3) is 0.385. The minimum Gasteiger partial charge on any atom is -0.342 e. The van der Waals surface area contributed by atoms with Crippen LogP contribution >= 0.6 is 0 Å². The van der Waals surface area contributed by atoms with Crippen LogP contribution in [-0.4, -0.2) is 29.7 Å². The zero-order chi connectivity index (χ0) is 13.7. The maximum Gasteiger partial charge on any atom is 0.230 e. The number of nitrogens with one attached hydrogen (secondary N) is 2. The molecule has 0 spiro atoms. The summed E-state index contributed by atoms with van der Waals surface area (Å²) in [6, 6.07) is 0. The number of nitrogens with zero attached hydrogens (tertiary/aromatic N) is 5. The SMILES string of the molecule is Cc1cn(C)nc1Nc1nc(C2CC2)c2[nH]cnc2n1. The molecule has 0 atom stereocenters. The smallest absolute Gasteiger partial charge is 0.230 e. The van der Waals surface area contributed by atoms with Gasteiger partial charge in [0.1, 0.15) is 5.52 Å². The van der Waals surface area contributed by atoms with Crippen LogP contribution < -0.4 is 5.32 Å². The van der Waals surface area contributed by atoms with Crippen LogP contribution in [-0.2, 0) is 7.05 Å². The molecular weight excluding hydrogens is 254 g/mol. The Hall–Kier alpha value is -2.44. The molecule has 3 heterocycles. The molecule has 0 saturated heterocycles. The summed E-state index contributed by atoms with van der Waals surface area (Å²) in [5.74, 6) is 1.88. The molecule has 20 heavy (non-hydrogen) atoms. The van der Waals surface area contributed by atoms with Crippen LogP contribution in [0.2, 0.25) is 0 Å². The van der Waals surface area contributed by atoms with Crippen LogP contribution in [0, 0.1) is 6.92 Å². The highest BCUT2D eigenvalue weighted by molar-refractivity contribution is 5.75. The van der Waals surface area contributed by atoms with Crippen molar-refractivity contribution in [3.63, 3.8) is 0 Å². The third kappa shape index (κ3) is 1.82. The molecule has 1 fully saturated rings. The Morgan fingerprint density at radius 3 is 2.90 bits per heavy atom. The van der Waals surface area contributed by atoms with Crippen LogP contribution in [0.5, 0.6) is 0 Å². The van der Waals surface area contributed by atoms with Crippen molar-refractivity contribution >= 4 is 22.9 Å². The third-order valence-corrected chi connectivity index (χ3v) is 3.52. The fourth-order valence-corrected chi connectivity index (χ4v) is 2.40. The summed E-state index contributed by atoms with van der Waals surface area (Å²) in [4.78, 5) is 16.5. The Labute approximate surface area is 115 Å². The van der Waals surface area contributed by atoms with Gasteiger partial charge in [-0.25, -0.2) is 9.97 Å². The lowest BCUT2D eigenvalue weighted by Gasteiger charge is -2.05. The van der Waals surface area contributed by atoms with Gasteiger partial charge in [0.25, 0.3) is 0 Å². The first-order valence-electron chi connectivity index (χ1n) is 6.69. The summed E-state index contributed by atoms with van der Waals surface area (Å²) in [5.41, 5.74) is 3.78. The van der Waals surface area contributed by atoms with Gasteiger partial charge in [-0.05, 0) is 19.8 Å². The zero-order valence-corrected chi connectivity index (χ0v) is 11.4. The van der Waals surface area contributed by atoms with E-state index in [1.807, 2.05) is 20.2 Å². The van der Waals surface area contributed by atoms with Gasteiger partial charge in [-0.2, -0.15) is 10.1 Å². The summed E-state index contributed by atoms with van der Waals surface area (Å²) < 4.78 is 1.77. The molecule has 0 aromatic carbocycles. The lowest BCUT2D eigenvalue weighted by molar-refractivity contribution is 0.770. The van der Waals surface area contributed by atoms with E-state index < -0.39 is 0 Å². The molecule has 1 saturated carbocycles. The van der Waals surface area contributed by atoms with Crippen molar-refractivity contribution in [2.75, 3.05) is 5.32 Å². The van der Waals surface area contributed by atoms with Crippen molar-refractivity contribution in [2.45, 2.75) is 25.7 Å². The summed E-state index contributed by atoms with van der Waals surface area (Å²) in [6.07, 6.45) is 6.00. The Balaban J connectivity index is 1.77. The zero-order valence-electron chi connectivity index (χ0n) is 11.4. The first-order chi connectivity index (χ1) is 9.70. The van der Waals surface area contributed by atoms with Gasteiger partial charge in [0.2, 0.25) is 5.95 Å². The maximum atomic E-state index is 4.64. The van der Waals surface area contributed by atoms with E-state index in [2.05, 4.69) is 30.4 Å².